The first kappa shape index (κ1) is 10.2. The molecular formula is C15H8N3O. The molecule has 0 bridgehead atoms. The summed E-state index contributed by atoms with van der Waals surface area (Å²) in [7, 11) is 0. The van der Waals surface area contributed by atoms with Crippen LogP contribution in [0.5, 0.6) is 0 Å². The third-order valence-electron chi connectivity index (χ3n) is 3.11. The van der Waals surface area contributed by atoms with Crippen molar-refractivity contribution in [3.8, 4) is 11.1 Å². The normalized spacial score (nSPS) is 11.2. The van der Waals surface area contributed by atoms with E-state index in [0.29, 0.717) is 0 Å². The maximum Gasteiger partial charge on any atom is 0.143 e. The maximum atomic E-state index is 4.78. The van der Waals surface area contributed by atoms with Crippen molar-refractivity contribution in [1.29, 1.82) is 0 Å². The quantitative estimate of drug-likeness (QED) is 0.517. The van der Waals surface area contributed by atoms with Gasteiger partial charge in [0.2, 0.25) is 0 Å². The van der Waals surface area contributed by atoms with Crippen LogP contribution in [0.25, 0.3) is 33.1 Å². The first-order valence-electron chi connectivity index (χ1n) is 5.91. The summed E-state index contributed by atoms with van der Waals surface area (Å²) in [6.07, 6.45) is 3.05. The molecule has 0 aliphatic carbocycles. The number of hydrogen-bond acceptors (Lipinski definition) is 4. The Hall–Kier alpha value is -2.75. The molecule has 0 fully saturated rings. The SMILES string of the molecule is [c]1nc2ccccc2cc1-c1cccc2nonc12. The molecule has 2 aromatic carbocycles. The van der Waals surface area contributed by atoms with E-state index >= 15 is 0 Å². The molecule has 0 amide bonds. The number of benzene rings is 2. The van der Waals surface area contributed by atoms with Gasteiger partial charge in [0.1, 0.15) is 11.0 Å². The summed E-state index contributed by atoms with van der Waals surface area (Å²) in [6, 6.07) is 15.8. The van der Waals surface area contributed by atoms with E-state index in [1.165, 1.54) is 0 Å². The fourth-order valence-electron chi connectivity index (χ4n) is 2.18. The Labute approximate surface area is 108 Å². The van der Waals surface area contributed by atoms with Crippen molar-refractivity contribution in [3.05, 3.63) is 54.7 Å². The molecule has 4 nitrogen and oxygen atoms in total. The molecule has 2 heterocycles. The average molecular weight is 246 g/mol. The Morgan fingerprint density at radius 1 is 0.895 bits per heavy atom. The van der Waals surface area contributed by atoms with Gasteiger partial charge in [0, 0.05) is 16.5 Å². The zero-order valence-electron chi connectivity index (χ0n) is 9.87. The van der Waals surface area contributed by atoms with Crippen LogP contribution in [0.4, 0.5) is 0 Å². The van der Waals surface area contributed by atoms with Crippen LogP contribution in [0, 0.1) is 6.20 Å². The molecule has 0 spiro atoms. The second-order valence-electron chi connectivity index (χ2n) is 4.28. The largest absolute Gasteiger partial charge is 0.245 e. The lowest BCUT2D eigenvalue weighted by Gasteiger charge is -2.02. The Morgan fingerprint density at radius 2 is 1.79 bits per heavy atom. The van der Waals surface area contributed by atoms with E-state index in [2.05, 4.69) is 21.5 Å². The van der Waals surface area contributed by atoms with Crippen molar-refractivity contribution in [2.24, 2.45) is 0 Å². The topological polar surface area (TPSA) is 51.8 Å². The Kier molecular flexibility index (Phi) is 2.08. The van der Waals surface area contributed by atoms with E-state index in [-0.39, 0.29) is 0 Å². The highest BCUT2D eigenvalue weighted by atomic mass is 16.6. The molecule has 0 N–H and O–H groups in total. The van der Waals surface area contributed by atoms with Gasteiger partial charge >= 0.3 is 0 Å². The minimum Gasteiger partial charge on any atom is -0.245 e. The highest BCUT2D eigenvalue weighted by Gasteiger charge is 2.09. The number of aromatic nitrogens is 3. The lowest BCUT2D eigenvalue weighted by Crippen LogP contribution is -1.85. The van der Waals surface area contributed by atoms with Crippen molar-refractivity contribution in [1.82, 2.24) is 15.3 Å². The monoisotopic (exact) mass is 246 g/mol. The first-order valence-corrected chi connectivity index (χ1v) is 5.91. The van der Waals surface area contributed by atoms with Gasteiger partial charge in [0.05, 0.1) is 11.7 Å². The van der Waals surface area contributed by atoms with Crippen LogP contribution in [0.15, 0.2) is 53.2 Å². The van der Waals surface area contributed by atoms with E-state index in [9.17, 15) is 0 Å². The van der Waals surface area contributed by atoms with Gasteiger partial charge in [-0.15, -0.1) is 0 Å². The molecule has 0 aliphatic heterocycles. The van der Waals surface area contributed by atoms with Gasteiger partial charge in [-0.1, -0.05) is 30.3 Å². The van der Waals surface area contributed by atoms with Gasteiger partial charge in [-0.2, -0.15) is 0 Å². The van der Waals surface area contributed by atoms with Crippen LogP contribution < -0.4 is 0 Å². The van der Waals surface area contributed by atoms with Crippen molar-refractivity contribution < 1.29 is 4.63 Å². The average Bonchev–Trinajstić information content (AvgIpc) is 2.95. The fourth-order valence-corrected chi connectivity index (χ4v) is 2.18. The predicted molar refractivity (Wildman–Crippen MR) is 71.4 cm³/mol. The summed E-state index contributed by atoms with van der Waals surface area (Å²) in [5.41, 5.74) is 4.21. The van der Waals surface area contributed by atoms with Gasteiger partial charge < -0.3 is 0 Å². The molecule has 0 unspecified atom stereocenters. The third-order valence-corrected chi connectivity index (χ3v) is 3.11. The molecular weight excluding hydrogens is 238 g/mol. The highest BCUT2D eigenvalue weighted by Crippen LogP contribution is 2.27. The van der Waals surface area contributed by atoms with Crippen LogP contribution in [0.1, 0.15) is 0 Å². The standard InChI is InChI=1S/C15H8N3O/c1-2-6-13-10(4-1)8-11(9-16-13)12-5-3-7-14-15(12)18-19-17-14/h1-8H. The smallest absolute Gasteiger partial charge is 0.143 e. The number of fused-ring (bicyclic) bond motifs is 2. The summed E-state index contributed by atoms with van der Waals surface area (Å²) in [5, 5.41) is 8.86. The van der Waals surface area contributed by atoms with Crippen molar-refractivity contribution >= 4 is 21.9 Å². The predicted octanol–water partition coefficient (Wildman–Crippen LogP) is 3.24. The summed E-state index contributed by atoms with van der Waals surface area (Å²) in [5.74, 6) is 0. The van der Waals surface area contributed by atoms with E-state index in [4.69, 9.17) is 4.63 Å². The Bertz CT molecular complexity index is 882. The van der Waals surface area contributed by atoms with E-state index in [0.717, 1.165) is 33.1 Å². The second-order valence-corrected chi connectivity index (χ2v) is 4.28. The van der Waals surface area contributed by atoms with E-state index in [1.54, 1.807) is 0 Å². The molecule has 4 rings (SSSR count). The minimum atomic E-state index is 0.732. The lowest BCUT2D eigenvalue weighted by molar-refractivity contribution is 0.315. The zero-order chi connectivity index (χ0) is 12.7. The highest BCUT2D eigenvalue weighted by molar-refractivity contribution is 5.93. The molecule has 0 saturated heterocycles. The molecule has 1 radical (unpaired) electrons. The Morgan fingerprint density at radius 3 is 2.79 bits per heavy atom. The van der Waals surface area contributed by atoms with Crippen molar-refractivity contribution in [2.45, 2.75) is 0 Å². The second kappa shape index (κ2) is 3.88. The van der Waals surface area contributed by atoms with Gasteiger partial charge in [0.25, 0.3) is 0 Å². The minimum absolute atomic E-state index is 0.732. The molecule has 2 aromatic heterocycles. The fraction of sp³-hybridized carbons (Fsp3) is 0. The van der Waals surface area contributed by atoms with Gasteiger partial charge in [0.15, 0.2) is 0 Å². The van der Waals surface area contributed by atoms with Crippen LogP contribution in [0.2, 0.25) is 0 Å². The molecule has 89 valence electrons. The van der Waals surface area contributed by atoms with Gasteiger partial charge in [-0.3, -0.25) is 0 Å². The van der Waals surface area contributed by atoms with Crippen molar-refractivity contribution in [3.63, 3.8) is 0 Å². The third kappa shape index (κ3) is 1.57. The number of hydrogen-bond donors (Lipinski definition) is 0. The molecule has 0 aliphatic rings. The van der Waals surface area contributed by atoms with Crippen molar-refractivity contribution in [2.75, 3.05) is 0 Å². The van der Waals surface area contributed by atoms with Gasteiger partial charge in [-0.25, -0.2) is 9.61 Å². The van der Waals surface area contributed by atoms with Crippen LogP contribution in [0.3, 0.4) is 0 Å². The van der Waals surface area contributed by atoms with Crippen LogP contribution >= 0.6 is 0 Å². The molecule has 4 heteroatoms. The first-order chi connectivity index (χ1) is 9.42. The Balaban J connectivity index is 2.01. The molecule has 19 heavy (non-hydrogen) atoms. The van der Waals surface area contributed by atoms with E-state index in [1.807, 2.05) is 48.5 Å². The molecule has 4 aromatic rings. The summed E-state index contributed by atoms with van der Waals surface area (Å²) in [4.78, 5) is 4.34. The number of rotatable bonds is 1. The summed E-state index contributed by atoms with van der Waals surface area (Å²) >= 11 is 0. The number of para-hydroxylation sites is 1. The van der Waals surface area contributed by atoms with Crippen LogP contribution in [-0.2, 0) is 0 Å². The number of nitrogens with zero attached hydrogens (tertiary/aromatic N) is 3. The molecule has 0 atom stereocenters. The summed E-state index contributed by atoms with van der Waals surface area (Å²) in [6.45, 7) is 0. The van der Waals surface area contributed by atoms with E-state index < -0.39 is 0 Å². The zero-order valence-corrected chi connectivity index (χ0v) is 9.87. The van der Waals surface area contributed by atoms with Crippen LogP contribution in [-0.4, -0.2) is 15.3 Å². The molecule has 0 saturated carbocycles. The lowest BCUT2D eigenvalue weighted by atomic mass is 10.0. The summed E-state index contributed by atoms with van der Waals surface area (Å²) < 4.78 is 4.78. The maximum absolute atomic E-state index is 4.78. The van der Waals surface area contributed by atoms with Gasteiger partial charge in [-0.05, 0) is 28.5 Å². The number of pyridine rings is 1.